The molecule has 0 heterocycles. The second-order valence-electron chi connectivity index (χ2n) is 4.92. The van der Waals surface area contributed by atoms with Crippen LogP contribution in [-0.4, -0.2) is 6.04 Å². The molecule has 2 atom stereocenters. The highest BCUT2D eigenvalue weighted by Crippen LogP contribution is 2.57. The maximum atomic E-state index is 6.07. The summed E-state index contributed by atoms with van der Waals surface area (Å²) in [5, 5.41) is 0. The highest BCUT2D eigenvalue weighted by Gasteiger charge is 2.55. The van der Waals surface area contributed by atoms with Gasteiger partial charge in [0.1, 0.15) is 0 Å². The lowest BCUT2D eigenvalue weighted by atomic mass is 10.0. The van der Waals surface area contributed by atoms with Crippen LogP contribution < -0.4 is 5.73 Å². The Morgan fingerprint density at radius 1 is 1.36 bits per heavy atom. The lowest BCUT2D eigenvalue weighted by Gasteiger charge is -2.04. The molecular formula is C13H19N. The van der Waals surface area contributed by atoms with Gasteiger partial charge < -0.3 is 5.73 Å². The Labute approximate surface area is 86.3 Å². The van der Waals surface area contributed by atoms with E-state index in [2.05, 4.69) is 45.0 Å². The van der Waals surface area contributed by atoms with E-state index in [0.29, 0.717) is 17.4 Å². The predicted molar refractivity (Wildman–Crippen MR) is 60.3 cm³/mol. The normalized spacial score (nSPS) is 28.9. The molecule has 0 bridgehead atoms. The molecule has 0 amide bonds. The maximum absolute atomic E-state index is 6.07. The summed E-state index contributed by atoms with van der Waals surface area (Å²) in [6.45, 7) is 6.69. The van der Waals surface area contributed by atoms with Crippen LogP contribution in [-0.2, 0) is 6.42 Å². The molecule has 1 aliphatic rings. The van der Waals surface area contributed by atoms with Crippen molar-refractivity contribution in [2.45, 2.75) is 39.2 Å². The monoisotopic (exact) mass is 189 g/mol. The Kier molecular flexibility index (Phi) is 2.15. The van der Waals surface area contributed by atoms with Crippen LogP contribution in [0.15, 0.2) is 24.3 Å². The quantitative estimate of drug-likeness (QED) is 0.760. The van der Waals surface area contributed by atoms with Crippen molar-refractivity contribution in [2.75, 3.05) is 0 Å². The zero-order valence-corrected chi connectivity index (χ0v) is 9.25. The molecule has 1 heteroatoms. The Bertz CT molecular complexity index is 341. The van der Waals surface area contributed by atoms with Crippen LogP contribution in [0.5, 0.6) is 0 Å². The minimum atomic E-state index is 0.298. The van der Waals surface area contributed by atoms with E-state index in [1.54, 1.807) is 0 Å². The molecule has 0 radical (unpaired) electrons. The SMILES string of the molecule is CCc1cccc([C@@H]2[C@@H](N)C2(C)C)c1. The van der Waals surface area contributed by atoms with E-state index in [4.69, 9.17) is 5.73 Å². The minimum Gasteiger partial charge on any atom is -0.327 e. The van der Waals surface area contributed by atoms with E-state index in [9.17, 15) is 0 Å². The minimum absolute atomic E-state index is 0.298. The predicted octanol–water partition coefficient (Wildman–Crippen LogP) is 2.70. The van der Waals surface area contributed by atoms with Gasteiger partial charge in [0, 0.05) is 12.0 Å². The van der Waals surface area contributed by atoms with E-state index in [1.807, 2.05) is 0 Å². The first-order chi connectivity index (χ1) is 6.57. The van der Waals surface area contributed by atoms with Crippen LogP contribution in [0.4, 0.5) is 0 Å². The number of rotatable bonds is 2. The Balaban J connectivity index is 2.26. The fourth-order valence-corrected chi connectivity index (χ4v) is 2.32. The van der Waals surface area contributed by atoms with Gasteiger partial charge in [0.05, 0.1) is 0 Å². The van der Waals surface area contributed by atoms with Crippen LogP contribution in [0.3, 0.4) is 0 Å². The topological polar surface area (TPSA) is 26.0 Å². The van der Waals surface area contributed by atoms with Crippen LogP contribution in [0.2, 0.25) is 0 Å². The summed E-state index contributed by atoms with van der Waals surface area (Å²) in [5.41, 5.74) is 9.20. The average molecular weight is 189 g/mol. The van der Waals surface area contributed by atoms with Crippen LogP contribution in [0.25, 0.3) is 0 Å². The first kappa shape index (κ1) is 9.72. The largest absolute Gasteiger partial charge is 0.327 e. The van der Waals surface area contributed by atoms with Crippen LogP contribution >= 0.6 is 0 Å². The van der Waals surface area contributed by atoms with Gasteiger partial charge in [-0.25, -0.2) is 0 Å². The summed E-state index contributed by atoms with van der Waals surface area (Å²) in [7, 11) is 0. The molecule has 1 nitrogen and oxygen atoms in total. The highest BCUT2D eigenvalue weighted by molar-refractivity contribution is 5.36. The molecule has 0 spiro atoms. The van der Waals surface area contributed by atoms with Crippen molar-refractivity contribution in [3.63, 3.8) is 0 Å². The number of hydrogen-bond donors (Lipinski definition) is 1. The van der Waals surface area contributed by atoms with Crippen molar-refractivity contribution < 1.29 is 0 Å². The molecule has 76 valence electrons. The lowest BCUT2D eigenvalue weighted by Crippen LogP contribution is -2.06. The summed E-state index contributed by atoms with van der Waals surface area (Å²) in [6, 6.07) is 9.19. The summed E-state index contributed by atoms with van der Waals surface area (Å²) < 4.78 is 0. The van der Waals surface area contributed by atoms with Gasteiger partial charge in [0.2, 0.25) is 0 Å². The van der Waals surface area contributed by atoms with E-state index in [-0.39, 0.29) is 0 Å². The molecule has 2 rings (SSSR count). The molecule has 1 aromatic rings. The zero-order valence-electron chi connectivity index (χ0n) is 9.25. The Hall–Kier alpha value is -0.820. The van der Waals surface area contributed by atoms with Gasteiger partial charge in [-0.2, -0.15) is 0 Å². The molecule has 14 heavy (non-hydrogen) atoms. The maximum Gasteiger partial charge on any atom is 0.0172 e. The van der Waals surface area contributed by atoms with Gasteiger partial charge in [0.15, 0.2) is 0 Å². The highest BCUT2D eigenvalue weighted by atomic mass is 14.8. The number of nitrogens with two attached hydrogens (primary N) is 1. The molecule has 0 saturated heterocycles. The van der Waals surface area contributed by atoms with E-state index < -0.39 is 0 Å². The van der Waals surface area contributed by atoms with Crippen molar-refractivity contribution in [1.82, 2.24) is 0 Å². The summed E-state index contributed by atoms with van der Waals surface area (Å²) in [5.74, 6) is 0.564. The molecule has 1 saturated carbocycles. The summed E-state index contributed by atoms with van der Waals surface area (Å²) >= 11 is 0. The van der Waals surface area contributed by atoms with E-state index in [0.717, 1.165) is 6.42 Å². The lowest BCUT2D eigenvalue weighted by molar-refractivity contribution is 0.599. The van der Waals surface area contributed by atoms with Gasteiger partial charge in [-0.3, -0.25) is 0 Å². The Morgan fingerprint density at radius 2 is 2.00 bits per heavy atom. The molecule has 1 fully saturated rings. The summed E-state index contributed by atoms with van der Waals surface area (Å²) in [4.78, 5) is 0. The molecular weight excluding hydrogens is 170 g/mol. The van der Waals surface area contributed by atoms with Gasteiger partial charge in [-0.05, 0) is 23.0 Å². The third-order valence-electron chi connectivity index (χ3n) is 3.63. The van der Waals surface area contributed by atoms with E-state index >= 15 is 0 Å². The first-order valence-corrected chi connectivity index (χ1v) is 5.41. The van der Waals surface area contributed by atoms with Gasteiger partial charge in [-0.15, -0.1) is 0 Å². The number of aryl methyl sites for hydroxylation is 1. The van der Waals surface area contributed by atoms with Gasteiger partial charge in [-0.1, -0.05) is 45.0 Å². The average Bonchev–Trinajstić information content (AvgIpc) is 2.66. The second kappa shape index (κ2) is 3.09. The summed E-state index contributed by atoms with van der Waals surface area (Å²) in [6.07, 6.45) is 1.11. The smallest absolute Gasteiger partial charge is 0.0172 e. The number of benzene rings is 1. The second-order valence-corrected chi connectivity index (χ2v) is 4.92. The van der Waals surface area contributed by atoms with Crippen molar-refractivity contribution in [1.29, 1.82) is 0 Å². The molecule has 0 aromatic heterocycles. The zero-order chi connectivity index (χ0) is 10.3. The van der Waals surface area contributed by atoms with Crippen molar-refractivity contribution in [3.05, 3.63) is 35.4 Å². The molecule has 0 aliphatic heterocycles. The fraction of sp³-hybridized carbons (Fsp3) is 0.538. The third-order valence-corrected chi connectivity index (χ3v) is 3.63. The number of hydrogen-bond acceptors (Lipinski definition) is 1. The third kappa shape index (κ3) is 1.36. The molecule has 0 unspecified atom stereocenters. The first-order valence-electron chi connectivity index (χ1n) is 5.41. The van der Waals surface area contributed by atoms with Crippen LogP contribution in [0, 0.1) is 5.41 Å². The van der Waals surface area contributed by atoms with Crippen molar-refractivity contribution in [2.24, 2.45) is 11.1 Å². The van der Waals surface area contributed by atoms with Crippen molar-refractivity contribution in [3.8, 4) is 0 Å². The van der Waals surface area contributed by atoms with Crippen LogP contribution in [0.1, 0.15) is 37.8 Å². The molecule has 2 N–H and O–H groups in total. The molecule has 1 aromatic carbocycles. The Morgan fingerprint density at radius 3 is 2.50 bits per heavy atom. The van der Waals surface area contributed by atoms with Crippen molar-refractivity contribution >= 4 is 0 Å². The van der Waals surface area contributed by atoms with Gasteiger partial charge in [0.25, 0.3) is 0 Å². The standard InChI is InChI=1S/C13H19N/c1-4-9-6-5-7-10(8-9)11-12(14)13(11,2)3/h5-8,11-12H,4,14H2,1-3H3/t11-,12-/m1/s1. The fourth-order valence-electron chi connectivity index (χ4n) is 2.32. The van der Waals surface area contributed by atoms with E-state index in [1.165, 1.54) is 11.1 Å². The molecule has 1 aliphatic carbocycles. The van der Waals surface area contributed by atoms with Gasteiger partial charge >= 0.3 is 0 Å².